The molecule has 9 heteroatoms. The number of aromatic nitrogens is 1. The van der Waals surface area contributed by atoms with Gasteiger partial charge in [0.15, 0.2) is 5.84 Å². The van der Waals surface area contributed by atoms with Crippen LogP contribution in [0.2, 0.25) is 0 Å². The van der Waals surface area contributed by atoms with Crippen molar-refractivity contribution < 1.29 is 23.5 Å². The van der Waals surface area contributed by atoms with Gasteiger partial charge in [-0.05, 0) is 12.1 Å². The zero-order valence-corrected chi connectivity index (χ0v) is 10.7. The van der Waals surface area contributed by atoms with E-state index in [4.69, 9.17) is 16.0 Å². The molecular weight excluding hydrogens is 283 g/mol. The molecule has 1 aromatic rings. The van der Waals surface area contributed by atoms with Crippen molar-refractivity contribution in [2.24, 2.45) is 10.9 Å². The van der Waals surface area contributed by atoms with Crippen molar-refractivity contribution >= 4 is 17.6 Å². The van der Waals surface area contributed by atoms with E-state index in [0.29, 0.717) is 0 Å². The van der Waals surface area contributed by atoms with Gasteiger partial charge in [-0.1, -0.05) is 12.1 Å². The van der Waals surface area contributed by atoms with E-state index in [9.17, 15) is 13.2 Å². The van der Waals surface area contributed by atoms with Gasteiger partial charge in [-0.25, -0.2) is 4.98 Å². The van der Waals surface area contributed by atoms with Gasteiger partial charge in [-0.2, -0.15) is 13.2 Å². The van der Waals surface area contributed by atoms with Gasteiger partial charge in [0.2, 0.25) is 0 Å². The second-order valence-corrected chi connectivity index (χ2v) is 5.07. The van der Waals surface area contributed by atoms with Gasteiger partial charge < -0.3 is 16.0 Å². The first-order chi connectivity index (χ1) is 8.79. The Hall–Kier alpha value is -1.48. The number of thioether (sulfide) groups is 1. The monoisotopic (exact) mass is 295 g/mol. The summed E-state index contributed by atoms with van der Waals surface area (Å²) in [6, 6.07) is 1.83. The van der Waals surface area contributed by atoms with Crippen molar-refractivity contribution in [2.45, 2.75) is 23.4 Å². The average molecular weight is 295 g/mol. The lowest BCUT2D eigenvalue weighted by Crippen LogP contribution is -2.18. The maximum Gasteiger partial charge on any atom is 0.433 e. The Morgan fingerprint density at radius 2 is 2.16 bits per heavy atom. The SMILES string of the molecule is CC(CO)Sc1nc(C(F)(F)F)ccc1/C(N)=N/O. The fourth-order valence-electron chi connectivity index (χ4n) is 1.16. The molecule has 1 unspecified atom stereocenters. The van der Waals surface area contributed by atoms with Crippen LogP contribution in [0, 0.1) is 0 Å². The molecule has 0 fully saturated rings. The molecule has 0 aliphatic heterocycles. The van der Waals surface area contributed by atoms with Crippen molar-refractivity contribution in [3.8, 4) is 0 Å². The zero-order valence-electron chi connectivity index (χ0n) is 9.85. The normalized spacial score (nSPS) is 14.5. The number of pyridine rings is 1. The molecule has 106 valence electrons. The van der Waals surface area contributed by atoms with E-state index < -0.39 is 11.9 Å². The van der Waals surface area contributed by atoms with Crippen molar-refractivity contribution in [3.63, 3.8) is 0 Å². The van der Waals surface area contributed by atoms with Crippen LogP contribution in [0.15, 0.2) is 22.3 Å². The Morgan fingerprint density at radius 1 is 1.53 bits per heavy atom. The largest absolute Gasteiger partial charge is 0.433 e. The molecule has 0 aliphatic rings. The third kappa shape index (κ3) is 4.00. The number of halogens is 3. The molecule has 0 amide bonds. The molecule has 0 bridgehead atoms. The molecule has 0 radical (unpaired) electrons. The highest BCUT2D eigenvalue weighted by atomic mass is 32.2. The molecule has 4 N–H and O–H groups in total. The summed E-state index contributed by atoms with van der Waals surface area (Å²) in [6.07, 6.45) is -4.58. The second kappa shape index (κ2) is 6.11. The molecule has 0 aliphatic carbocycles. The van der Waals surface area contributed by atoms with Gasteiger partial charge in [0.05, 0.1) is 12.2 Å². The topological polar surface area (TPSA) is 91.7 Å². The molecule has 1 atom stereocenters. The predicted molar refractivity (Wildman–Crippen MR) is 64.2 cm³/mol. The quantitative estimate of drug-likeness (QED) is 0.258. The highest BCUT2D eigenvalue weighted by Crippen LogP contribution is 2.32. The van der Waals surface area contributed by atoms with Gasteiger partial charge >= 0.3 is 6.18 Å². The van der Waals surface area contributed by atoms with Crippen molar-refractivity contribution in [1.82, 2.24) is 4.98 Å². The Kier molecular flexibility index (Phi) is 5.01. The van der Waals surface area contributed by atoms with E-state index in [0.717, 1.165) is 23.9 Å². The van der Waals surface area contributed by atoms with Gasteiger partial charge in [0.25, 0.3) is 0 Å². The number of hydrogen-bond acceptors (Lipinski definition) is 5. The first-order valence-electron chi connectivity index (χ1n) is 5.13. The Balaban J connectivity index is 3.26. The number of aliphatic hydroxyl groups is 1. The summed E-state index contributed by atoms with van der Waals surface area (Å²) < 4.78 is 37.7. The number of rotatable bonds is 4. The zero-order chi connectivity index (χ0) is 14.6. The molecule has 0 saturated carbocycles. The van der Waals surface area contributed by atoms with Crippen LogP contribution in [0.4, 0.5) is 13.2 Å². The average Bonchev–Trinajstić information content (AvgIpc) is 2.36. The van der Waals surface area contributed by atoms with Crippen LogP contribution in [-0.2, 0) is 6.18 Å². The first kappa shape index (κ1) is 15.6. The summed E-state index contributed by atoms with van der Waals surface area (Å²) in [5.74, 6) is -0.339. The van der Waals surface area contributed by atoms with Gasteiger partial charge in [-0.3, -0.25) is 0 Å². The summed E-state index contributed by atoms with van der Waals surface area (Å²) in [4.78, 5) is 3.46. The molecule has 5 nitrogen and oxygen atoms in total. The lowest BCUT2D eigenvalue weighted by molar-refractivity contribution is -0.141. The Labute approximate surface area is 111 Å². The highest BCUT2D eigenvalue weighted by Gasteiger charge is 2.33. The molecule has 0 aromatic carbocycles. The van der Waals surface area contributed by atoms with Gasteiger partial charge in [0.1, 0.15) is 10.7 Å². The Morgan fingerprint density at radius 3 is 2.63 bits per heavy atom. The molecule has 19 heavy (non-hydrogen) atoms. The van der Waals surface area contributed by atoms with Crippen LogP contribution in [-0.4, -0.2) is 33.0 Å². The van der Waals surface area contributed by atoms with Crippen LogP contribution >= 0.6 is 11.8 Å². The number of amidine groups is 1. The number of nitrogens with zero attached hydrogens (tertiary/aromatic N) is 2. The number of aliphatic hydroxyl groups excluding tert-OH is 1. The number of hydrogen-bond donors (Lipinski definition) is 3. The molecule has 1 heterocycles. The second-order valence-electron chi connectivity index (χ2n) is 3.64. The van der Waals surface area contributed by atoms with E-state index in [1.54, 1.807) is 6.92 Å². The molecule has 1 rings (SSSR count). The summed E-state index contributed by atoms with van der Waals surface area (Å²) in [7, 11) is 0. The van der Waals surface area contributed by atoms with Crippen LogP contribution in [0.1, 0.15) is 18.2 Å². The fraction of sp³-hybridized carbons (Fsp3) is 0.400. The minimum absolute atomic E-state index is 0.0494. The van der Waals surface area contributed by atoms with Crippen LogP contribution < -0.4 is 5.73 Å². The summed E-state index contributed by atoms with van der Waals surface area (Å²) in [5, 5.41) is 19.8. The van der Waals surface area contributed by atoms with Crippen molar-refractivity contribution in [2.75, 3.05) is 6.61 Å². The van der Waals surface area contributed by atoms with Gasteiger partial charge in [0, 0.05) is 5.25 Å². The lowest BCUT2D eigenvalue weighted by Gasteiger charge is -2.13. The van der Waals surface area contributed by atoms with Crippen molar-refractivity contribution in [1.29, 1.82) is 0 Å². The van der Waals surface area contributed by atoms with E-state index in [1.807, 2.05) is 0 Å². The molecule has 0 spiro atoms. The molecule has 0 saturated heterocycles. The predicted octanol–water partition coefficient (Wildman–Crippen LogP) is 1.67. The third-order valence-electron chi connectivity index (χ3n) is 2.10. The van der Waals surface area contributed by atoms with Crippen LogP contribution in [0.5, 0.6) is 0 Å². The summed E-state index contributed by atoms with van der Waals surface area (Å²) in [6.45, 7) is 1.38. The highest BCUT2D eigenvalue weighted by molar-refractivity contribution is 7.99. The standard InChI is InChI=1S/C10H12F3N3O2S/c1-5(4-17)19-9-6(8(14)16-18)2-3-7(15-9)10(11,12)13/h2-3,5,17-18H,4H2,1H3,(H2,14,16). The molecule has 1 aromatic heterocycles. The smallest absolute Gasteiger partial charge is 0.409 e. The fourth-order valence-corrected chi connectivity index (χ4v) is 2.07. The number of oxime groups is 1. The van der Waals surface area contributed by atoms with E-state index in [1.165, 1.54) is 0 Å². The summed E-state index contributed by atoms with van der Waals surface area (Å²) >= 11 is 0.911. The van der Waals surface area contributed by atoms with Gasteiger partial charge in [-0.15, -0.1) is 11.8 Å². The number of alkyl halides is 3. The minimum Gasteiger partial charge on any atom is -0.409 e. The first-order valence-corrected chi connectivity index (χ1v) is 6.01. The van der Waals surface area contributed by atoms with E-state index in [2.05, 4.69) is 10.1 Å². The van der Waals surface area contributed by atoms with E-state index >= 15 is 0 Å². The molecular formula is C10H12F3N3O2S. The maximum atomic E-state index is 12.6. The van der Waals surface area contributed by atoms with E-state index in [-0.39, 0.29) is 28.3 Å². The minimum atomic E-state index is -4.58. The number of nitrogens with two attached hydrogens (primary N) is 1. The summed E-state index contributed by atoms with van der Waals surface area (Å²) in [5.41, 5.74) is 4.38. The van der Waals surface area contributed by atoms with Crippen molar-refractivity contribution in [3.05, 3.63) is 23.4 Å². The Bertz CT molecular complexity index is 480. The van der Waals surface area contributed by atoms with Crippen LogP contribution in [0.3, 0.4) is 0 Å². The lowest BCUT2D eigenvalue weighted by atomic mass is 10.2. The van der Waals surface area contributed by atoms with Crippen LogP contribution in [0.25, 0.3) is 0 Å². The third-order valence-corrected chi connectivity index (χ3v) is 3.19. The maximum absolute atomic E-state index is 12.6.